The summed E-state index contributed by atoms with van der Waals surface area (Å²) in [6, 6.07) is 0. The Morgan fingerprint density at radius 2 is 2.50 bits per heavy atom. The molecule has 1 atom stereocenters. The predicted octanol–water partition coefficient (Wildman–Crippen LogP) is 2.43. The van der Waals surface area contributed by atoms with Gasteiger partial charge in [-0.3, -0.25) is 0 Å². The Hall–Kier alpha value is -0.110. The number of rotatable bonds is 1. The van der Waals surface area contributed by atoms with Crippen molar-refractivity contribution >= 4 is 11.8 Å². The molecule has 1 aliphatic heterocycles. The van der Waals surface area contributed by atoms with Crippen LogP contribution in [0.5, 0.6) is 0 Å². The average Bonchev–Trinajstić information content (AvgIpc) is 1.88. The van der Waals surface area contributed by atoms with Gasteiger partial charge in [-0.2, -0.15) is 11.8 Å². The highest BCUT2D eigenvalue weighted by Gasteiger charge is 2.12. The number of thioether (sulfide) groups is 1. The standard InChI is InChI=1S/C8H14OS/c1-7-5-8(6-9-2)3-4-10-7/h6-7H,3-5H2,1-2H3/b8-6+/t7-/m0/s1. The number of hydrogen-bond acceptors (Lipinski definition) is 2. The van der Waals surface area contributed by atoms with Gasteiger partial charge in [0.15, 0.2) is 0 Å². The van der Waals surface area contributed by atoms with Crippen LogP contribution in [0.15, 0.2) is 11.8 Å². The molecule has 1 nitrogen and oxygen atoms in total. The molecule has 1 heterocycles. The van der Waals surface area contributed by atoms with E-state index in [-0.39, 0.29) is 0 Å². The highest BCUT2D eigenvalue weighted by Crippen LogP contribution is 2.28. The van der Waals surface area contributed by atoms with Crippen molar-refractivity contribution in [3.63, 3.8) is 0 Å². The molecule has 1 rings (SSSR count). The molecule has 1 aliphatic rings. The Morgan fingerprint density at radius 3 is 3.10 bits per heavy atom. The zero-order chi connectivity index (χ0) is 7.40. The molecule has 0 saturated carbocycles. The molecule has 0 aliphatic carbocycles. The molecule has 1 fully saturated rings. The molecule has 0 N–H and O–H groups in total. The normalized spacial score (nSPS) is 30.6. The summed E-state index contributed by atoms with van der Waals surface area (Å²) in [4.78, 5) is 0. The van der Waals surface area contributed by atoms with Gasteiger partial charge in [0.05, 0.1) is 13.4 Å². The van der Waals surface area contributed by atoms with Crippen molar-refractivity contribution in [3.8, 4) is 0 Å². The van der Waals surface area contributed by atoms with Crippen LogP contribution >= 0.6 is 11.8 Å². The van der Waals surface area contributed by atoms with Crippen LogP contribution in [0.2, 0.25) is 0 Å². The van der Waals surface area contributed by atoms with E-state index in [4.69, 9.17) is 4.74 Å². The van der Waals surface area contributed by atoms with Crippen LogP contribution in [0, 0.1) is 0 Å². The Kier molecular flexibility index (Phi) is 3.13. The monoisotopic (exact) mass is 158 g/mol. The van der Waals surface area contributed by atoms with Crippen molar-refractivity contribution in [1.82, 2.24) is 0 Å². The molecular formula is C8H14OS. The van der Waals surface area contributed by atoms with E-state index < -0.39 is 0 Å². The second-order valence-electron chi connectivity index (χ2n) is 2.65. The first-order valence-electron chi connectivity index (χ1n) is 3.65. The van der Waals surface area contributed by atoms with Crippen molar-refractivity contribution < 1.29 is 4.74 Å². The lowest BCUT2D eigenvalue weighted by Crippen LogP contribution is -2.07. The van der Waals surface area contributed by atoms with E-state index in [1.54, 1.807) is 7.11 Å². The number of allylic oxidation sites excluding steroid dienone is 1. The van der Waals surface area contributed by atoms with Gasteiger partial charge in [-0.05, 0) is 24.2 Å². The first-order valence-corrected chi connectivity index (χ1v) is 4.70. The molecule has 0 spiro atoms. The zero-order valence-electron chi connectivity index (χ0n) is 6.59. The molecule has 0 aromatic rings. The van der Waals surface area contributed by atoms with Gasteiger partial charge in [0, 0.05) is 5.25 Å². The minimum absolute atomic E-state index is 0.787. The molecule has 10 heavy (non-hydrogen) atoms. The van der Waals surface area contributed by atoms with Crippen molar-refractivity contribution in [2.45, 2.75) is 25.0 Å². The molecule has 58 valence electrons. The zero-order valence-corrected chi connectivity index (χ0v) is 7.41. The van der Waals surface area contributed by atoms with Gasteiger partial charge in [0.1, 0.15) is 0 Å². The lowest BCUT2D eigenvalue weighted by Gasteiger charge is -2.19. The van der Waals surface area contributed by atoms with Crippen molar-refractivity contribution in [2.75, 3.05) is 12.9 Å². The maximum atomic E-state index is 4.96. The van der Waals surface area contributed by atoms with Gasteiger partial charge in [-0.25, -0.2) is 0 Å². The van der Waals surface area contributed by atoms with E-state index in [1.807, 2.05) is 6.26 Å². The van der Waals surface area contributed by atoms with Crippen LogP contribution in [-0.2, 0) is 4.74 Å². The molecule has 0 aromatic heterocycles. The molecule has 0 bridgehead atoms. The van der Waals surface area contributed by atoms with Crippen LogP contribution in [0.3, 0.4) is 0 Å². The van der Waals surface area contributed by atoms with Crippen molar-refractivity contribution in [1.29, 1.82) is 0 Å². The van der Waals surface area contributed by atoms with Gasteiger partial charge in [0.2, 0.25) is 0 Å². The summed E-state index contributed by atoms with van der Waals surface area (Å²) in [5, 5.41) is 0.787. The molecule has 0 aromatic carbocycles. The predicted molar refractivity (Wildman–Crippen MR) is 46.2 cm³/mol. The van der Waals surface area contributed by atoms with Crippen LogP contribution in [0.25, 0.3) is 0 Å². The van der Waals surface area contributed by atoms with Crippen LogP contribution in [0.4, 0.5) is 0 Å². The molecule has 0 amide bonds. The second kappa shape index (κ2) is 3.91. The Morgan fingerprint density at radius 1 is 1.70 bits per heavy atom. The maximum Gasteiger partial charge on any atom is 0.0817 e. The summed E-state index contributed by atoms with van der Waals surface area (Å²) in [6.45, 7) is 2.27. The molecule has 1 saturated heterocycles. The van der Waals surface area contributed by atoms with Gasteiger partial charge < -0.3 is 4.74 Å². The lowest BCUT2D eigenvalue weighted by molar-refractivity contribution is 0.331. The number of methoxy groups -OCH3 is 1. The van der Waals surface area contributed by atoms with E-state index in [2.05, 4.69) is 18.7 Å². The Labute approximate surface area is 66.8 Å². The highest BCUT2D eigenvalue weighted by atomic mass is 32.2. The fourth-order valence-electron chi connectivity index (χ4n) is 1.20. The third-order valence-electron chi connectivity index (χ3n) is 1.66. The summed E-state index contributed by atoms with van der Waals surface area (Å²) in [6.07, 6.45) is 4.32. The summed E-state index contributed by atoms with van der Waals surface area (Å²) in [5.41, 5.74) is 1.47. The third kappa shape index (κ3) is 2.25. The van der Waals surface area contributed by atoms with E-state index in [9.17, 15) is 0 Å². The minimum atomic E-state index is 0.787. The third-order valence-corrected chi connectivity index (χ3v) is 2.84. The number of ether oxygens (including phenoxy) is 1. The first kappa shape index (κ1) is 7.99. The maximum absolute atomic E-state index is 4.96. The van der Waals surface area contributed by atoms with E-state index in [0.29, 0.717) is 0 Å². The smallest absolute Gasteiger partial charge is 0.0817 e. The summed E-state index contributed by atoms with van der Waals surface area (Å²) in [7, 11) is 1.72. The fourth-order valence-corrected chi connectivity index (χ4v) is 2.31. The molecular weight excluding hydrogens is 144 g/mol. The van der Waals surface area contributed by atoms with Crippen LogP contribution in [0.1, 0.15) is 19.8 Å². The largest absolute Gasteiger partial charge is 0.504 e. The van der Waals surface area contributed by atoms with Gasteiger partial charge in [-0.15, -0.1) is 0 Å². The van der Waals surface area contributed by atoms with Crippen LogP contribution in [-0.4, -0.2) is 18.1 Å². The Bertz CT molecular complexity index is 131. The number of hydrogen-bond donors (Lipinski definition) is 0. The summed E-state index contributed by atoms with van der Waals surface area (Å²) < 4.78 is 4.96. The topological polar surface area (TPSA) is 9.23 Å². The summed E-state index contributed by atoms with van der Waals surface area (Å²) in [5.74, 6) is 1.26. The SMILES string of the molecule is CO/C=C1\CCS[C@@H](C)C1. The Balaban J connectivity index is 2.39. The average molecular weight is 158 g/mol. The fraction of sp³-hybridized carbons (Fsp3) is 0.750. The second-order valence-corrected chi connectivity index (χ2v) is 4.19. The van der Waals surface area contributed by atoms with Crippen LogP contribution < -0.4 is 0 Å². The lowest BCUT2D eigenvalue weighted by atomic mass is 10.1. The summed E-state index contributed by atoms with van der Waals surface area (Å²) >= 11 is 2.05. The van der Waals surface area contributed by atoms with Gasteiger partial charge >= 0.3 is 0 Å². The molecule has 0 radical (unpaired) electrons. The quantitative estimate of drug-likeness (QED) is 0.542. The molecule has 0 unspecified atom stereocenters. The first-order chi connectivity index (χ1) is 4.83. The molecule has 2 heteroatoms. The van der Waals surface area contributed by atoms with Crippen molar-refractivity contribution in [2.24, 2.45) is 0 Å². The van der Waals surface area contributed by atoms with E-state index >= 15 is 0 Å². The minimum Gasteiger partial charge on any atom is -0.504 e. The van der Waals surface area contributed by atoms with Gasteiger partial charge in [0.25, 0.3) is 0 Å². The van der Waals surface area contributed by atoms with E-state index in [1.165, 1.54) is 24.2 Å². The van der Waals surface area contributed by atoms with E-state index in [0.717, 1.165) is 5.25 Å². The highest BCUT2D eigenvalue weighted by molar-refractivity contribution is 7.99. The van der Waals surface area contributed by atoms with Crippen molar-refractivity contribution in [3.05, 3.63) is 11.8 Å². The van der Waals surface area contributed by atoms with Gasteiger partial charge in [-0.1, -0.05) is 6.92 Å².